The first-order chi connectivity index (χ1) is 8.75. The van der Waals surface area contributed by atoms with E-state index in [0.29, 0.717) is 12.0 Å². The van der Waals surface area contributed by atoms with Gasteiger partial charge in [0.15, 0.2) is 5.65 Å². The van der Waals surface area contributed by atoms with E-state index in [-0.39, 0.29) is 0 Å². The number of pyridine rings is 1. The molecule has 1 fully saturated rings. The van der Waals surface area contributed by atoms with Gasteiger partial charge in [-0.1, -0.05) is 13.8 Å². The highest BCUT2D eigenvalue weighted by Gasteiger charge is 2.23. The van der Waals surface area contributed by atoms with Crippen molar-refractivity contribution in [3.8, 4) is 0 Å². The van der Waals surface area contributed by atoms with E-state index in [2.05, 4.69) is 23.4 Å². The van der Waals surface area contributed by atoms with Crippen LogP contribution in [0.3, 0.4) is 0 Å². The molecule has 0 aliphatic carbocycles. The van der Waals surface area contributed by atoms with Crippen LogP contribution in [0.25, 0.3) is 11.2 Å². The van der Waals surface area contributed by atoms with Crippen LogP contribution in [0.2, 0.25) is 0 Å². The van der Waals surface area contributed by atoms with Gasteiger partial charge in [0.25, 0.3) is 0 Å². The average molecular weight is 245 g/mol. The molecule has 0 aromatic carbocycles. The van der Waals surface area contributed by atoms with Crippen molar-refractivity contribution in [2.75, 3.05) is 13.2 Å². The Morgan fingerprint density at radius 3 is 3.11 bits per heavy atom. The van der Waals surface area contributed by atoms with Gasteiger partial charge in [0.05, 0.1) is 12.6 Å². The third kappa shape index (κ3) is 2.01. The van der Waals surface area contributed by atoms with Gasteiger partial charge in [0.2, 0.25) is 0 Å². The molecule has 18 heavy (non-hydrogen) atoms. The van der Waals surface area contributed by atoms with Gasteiger partial charge in [0, 0.05) is 19.2 Å². The van der Waals surface area contributed by atoms with Crippen LogP contribution in [0.4, 0.5) is 0 Å². The number of hydrogen-bond acceptors (Lipinski definition) is 3. The molecule has 2 aromatic rings. The average Bonchev–Trinajstić information content (AvgIpc) is 2.93. The Labute approximate surface area is 107 Å². The number of hydrogen-bond donors (Lipinski definition) is 0. The number of ether oxygens (including phenoxy) is 1. The van der Waals surface area contributed by atoms with Crippen LogP contribution in [0.15, 0.2) is 18.3 Å². The first-order valence-corrected chi connectivity index (χ1v) is 6.65. The molecule has 4 heteroatoms. The number of nitrogens with zero attached hydrogens (tertiary/aromatic N) is 3. The highest BCUT2D eigenvalue weighted by atomic mass is 16.5. The van der Waals surface area contributed by atoms with Crippen LogP contribution < -0.4 is 0 Å². The summed E-state index contributed by atoms with van der Waals surface area (Å²) in [7, 11) is 0. The van der Waals surface area contributed by atoms with Crippen molar-refractivity contribution in [1.82, 2.24) is 14.5 Å². The van der Waals surface area contributed by atoms with E-state index in [0.717, 1.165) is 43.0 Å². The predicted octanol–water partition coefficient (Wildman–Crippen LogP) is 2.59. The summed E-state index contributed by atoms with van der Waals surface area (Å²) in [6.07, 6.45) is 3.90. The number of imidazole rings is 1. The van der Waals surface area contributed by atoms with Gasteiger partial charge in [-0.3, -0.25) is 0 Å². The fourth-order valence-electron chi connectivity index (χ4n) is 2.60. The molecule has 0 spiro atoms. The second kappa shape index (κ2) is 4.69. The SMILES string of the molecule is CC(C)Cc1nc2cccnc2n1C1CCOC1. The lowest BCUT2D eigenvalue weighted by molar-refractivity contribution is 0.186. The summed E-state index contributed by atoms with van der Waals surface area (Å²) in [5, 5.41) is 0. The maximum atomic E-state index is 5.51. The van der Waals surface area contributed by atoms with Gasteiger partial charge < -0.3 is 9.30 Å². The van der Waals surface area contributed by atoms with Crippen LogP contribution in [-0.4, -0.2) is 27.7 Å². The van der Waals surface area contributed by atoms with E-state index in [9.17, 15) is 0 Å². The molecule has 4 nitrogen and oxygen atoms in total. The molecule has 1 saturated heterocycles. The monoisotopic (exact) mass is 245 g/mol. The Bertz CT molecular complexity index is 541. The summed E-state index contributed by atoms with van der Waals surface area (Å²) in [6, 6.07) is 4.39. The lowest BCUT2D eigenvalue weighted by atomic mass is 10.1. The van der Waals surface area contributed by atoms with E-state index in [1.54, 1.807) is 0 Å². The van der Waals surface area contributed by atoms with Crippen molar-refractivity contribution in [1.29, 1.82) is 0 Å². The first kappa shape index (κ1) is 11.7. The molecule has 2 aromatic heterocycles. The number of rotatable bonds is 3. The summed E-state index contributed by atoms with van der Waals surface area (Å²) < 4.78 is 7.81. The molecule has 3 rings (SSSR count). The zero-order valence-electron chi connectivity index (χ0n) is 11.0. The molecule has 1 aliphatic heterocycles. The van der Waals surface area contributed by atoms with E-state index in [4.69, 9.17) is 9.72 Å². The van der Waals surface area contributed by atoms with Crippen molar-refractivity contribution in [2.24, 2.45) is 5.92 Å². The van der Waals surface area contributed by atoms with Gasteiger partial charge in [-0.25, -0.2) is 9.97 Å². The fraction of sp³-hybridized carbons (Fsp3) is 0.571. The largest absolute Gasteiger partial charge is 0.379 e. The summed E-state index contributed by atoms with van der Waals surface area (Å²) in [5.74, 6) is 1.75. The van der Waals surface area contributed by atoms with E-state index in [1.165, 1.54) is 0 Å². The number of aromatic nitrogens is 3. The molecule has 1 aliphatic rings. The van der Waals surface area contributed by atoms with Gasteiger partial charge in [-0.2, -0.15) is 0 Å². The lowest BCUT2D eigenvalue weighted by Gasteiger charge is -2.15. The van der Waals surface area contributed by atoms with Gasteiger partial charge >= 0.3 is 0 Å². The Balaban J connectivity index is 2.11. The van der Waals surface area contributed by atoms with E-state index < -0.39 is 0 Å². The Hall–Kier alpha value is -1.42. The molecule has 0 N–H and O–H groups in total. The Morgan fingerprint density at radius 2 is 2.39 bits per heavy atom. The summed E-state index contributed by atoms with van der Waals surface area (Å²) in [6.45, 7) is 6.08. The molecule has 0 amide bonds. The second-order valence-corrected chi connectivity index (χ2v) is 5.36. The fourth-order valence-corrected chi connectivity index (χ4v) is 2.60. The van der Waals surface area contributed by atoms with E-state index >= 15 is 0 Å². The quantitative estimate of drug-likeness (QED) is 0.834. The van der Waals surface area contributed by atoms with Crippen LogP contribution in [0.5, 0.6) is 0 Å². The maximum Gasteiger partial charge on any atom is 0.160 e. The minimum absolute atomic E-state index is 0.402. The van der Waals surface area contributed by atoms with E-state index in [1.807, 2.05) is 18.3 Å². The molecule has 0 radical (unpaired) electrons. The minimum Gasteiger partial charge on any atom is -0.379 e. The minimum atomic E-state index is 0.402. The van der Waals surface area contributed by atoms with Crippen LogP contribution in [0.1, 0.15) is 32.1 Å². The third-order valence-corrected chi connectivity index (χ3v) is 3.38. The van der Waals surface area contributed by atoms with Crippen molar-refractivity contribution >= 4 is 11.2 Å². The summed E-state index contributed by atoms with van der Waals surface area (Å²) in [4.78, 5) is 9.24. The Kier molecular flexibility index (Phi) is 3.04. The molecule has 0 saturated carbocycles. The zero-order chi connectivity index (χ0) is 12.5. The molecule has 0 bridgehead atoms. The van der Waals surface area contributed by atoms with Crippen LogP contribution in [-0.2, 0) is 11.2 Å². The zero-order valence-corrected chi connectivity index (χ0v) is 11.0. The van der Waals surface area contributed by atoms with Crippen molar-refractivity contribution in [2.45, 2.75) is 32.7 Å². The molecular formula is C14H19N3O. The Morgan fingerprint density at radius 1 is 1.50 bits per heavy atom. The highest BCUT2D eigenvalue weighted by molar-refractivity contribution is 5.71. The standard InChI is InChI=1S/C14H19N3O/c1-10(2)8-13-16-12-4-3-6-15-14(12)17(13)11-5-7-18-9-11/h3-4,6,10-11H,5,7-9H2,1-2H3. The summed E-state index contributed by atoms with van der Waals surface area (Å²) >= 11 is 0. The summed E-state index contributed by atoms with van der Waals surface area (Å²) in [5.41, 5.74) is 2.00. The third-order valence-electron chi connectivity index (χ3n) is 3.38. The first-order valence-electron chi connectivity index (χ1n) is 6.65. The smallest absolute Gasteiger partial charge is 0.160 e. The molecule has 1 unspecified atom stereocenters. The normalized spacial score (nSPS) is 20.1. The van der Waals surface area contributed by atoms with Crippen molar-refractivity contribution < 1.29 is 4.74 Å². The van der Waals surface area contributed by atoms with Crippen molar-refractivity contribution in [3.05, 3.63) is 24.2 Å². The second-order valence-electron chi connectivity index (χ2n) is 5.36. The molecule has 1 atom stereocenters. The van der Waals surface area contributed by atoms with Crippen LogP contribution >= 0.6 is 0 Å². The molecule has 96 valence electrons. The van der Waals surface area contributed by atoms with Gasteiger partial charge in [0.1, 0.15) is 11.3 Å². The van der Waals surface area contributed by atoms with Crippen molar-refractivity contribution in [3.63, 3.8) is 0 Å². The topological polar surface area (TPSA) is 39.9 Å². The number of fused-ring (bicyclic) bond motifs is 1. The maximum absolute atomic E-state index is 5.51. The highest BCUT2D eigenvalue weighted by Crippen LogP contribution is 2.26. The van der Waals surface area contributed by atoms with Gasteiger partial charge in [-0.05, 0) is 24.5 Å². The lowest BCUT2D eigenvalue weighted by Crippen LogP contribution is -2.14. The molecule has 3 heterocycles. The predicted molar refractivity (Wildman–Crippen MR) is 70.5 cm³/mol. The van der Waals surface area contributed by atoms with Crippen LogP contribution in [0, 0.1) is 5.92 Å². The van der Waals surface area contributed by atoms with Gasteiger partial charge in [-0.15, -0.1) is 0 Å². The molecular weight excluding hydrogens is 226 g/mol.